The minimum atomic E-state index is -3.13. The Bertz CT molecular complexity index is 977. The molecular formula is C19H22N4O3S. The Morgan fingerprint density at radius 2 is 1.96 bits per heavy atom. The molecule has 1 aromatic heterocycles. The lowest BCUT2D eigenvalue weighted by Crippen LogP contribution is -2.17. The highest BCUT2D eigenvalue weighted by Crippen LogP contribution is 2.24. The summed E-state index contributed by atoms with van der Waals surface area (Å²) in [6, 6.07) is 7.54. The number of anilines is 1. The minimum Gasteiger partial charge on any atom is -0.326 e. The van der Waals surface area contributed by atoms with Gasteiger partial charge in [-0.2, -0.15) is 0 Å². The normalized spacial score (nSPS) is 20.8. The molecule has 0 saturated heterocycles. The fraction of sp³-hybridized carbons (Fsp3) is 0.421. The number of carbonyl (C=O) groups is 1. The lowest BCUT2D eigenvalue weighted by molar-refractivity contribution is -0.116. The maximum absolute atomic E-state index is 12.2. The first kappa shape index (κ1) is 17.9. The predicted octanol–water partition coefficient (Wildman–Crippen LogP) is 2.56. The van der Waals surface area contributed by atoms with E-state index in [-0.39, 0.29) is 24.0 Å². The van der Waals surface area contributed by atoms with Crippen molar-refractivity contribution in [3.8, 4) is 11.4 Å². The average Bonchev–Trinajstić information content (AvgIpc) is 3.09. The van der Waals surface area contributed by atoms with Crippen molar-refractivity contribution < 1.29 is 13.2 Å². The number of fused-ring (bicyclic) bond motifs is 1. The summed E-state index contributed by atoms with van der Waals surface area (Å²) >= 11 is 0. The number of aryl methyl sites for hydroxylation is 1. The third-order valence-electron chi connectivity index (χ3n) is 4.99. The van der Waals surface area contributed by atoms with Crippen LogP contribution in [-0.2, 0) is 27.6 Å². The van der Waals surface area contributed by atoms with E-state index < -0.39 is 9.84 Å². The van der Waals surface area contributed by atoms with Gasteiger partial charge in [-0.3, -0.25) is 4.79 Å². The molecule has 1 aromatic carbocycles. The van der Waals surface area contributed by atoms with Crippen LogP contribution in [0.2, 0.25) is 0 Å². The van der Waals surface area contributed by atoms with E-state index in [4.69, 9.17) is 0 Å². The number of hydrogen-bond donors (Lipinski definition) is 1. The van der Waals surface area contributed by atoms with Gasteiger partial charge in [0.25, 0.3) is 0 Å². The summed E-state index contributed by atoms with van der Waals surface area (Å²) in [5.74, 6) is 1.48. The molecule has 3 heterocycles. The first-order valence-corrected chi connectivity index (χ1v) is 10.9. The molecule has 4 rings (SSSR count). The smallest absolute Gasteiger partial charge is 0.224 e. The van der Waals surface area contributed by atoms with Gasteiger partial charge in [0.15, 0.2) is 15.7 Å². The average molecular weight is 386 g/mol. The molecule has 8 heteroatoms. The standard InChI is InChI=1S/C19H22N4O3S/c24-18(12-14-9-11-27(25,26)13-14)20-16-7-5-15(6-8-16)19-22-21-17-4-2-1-3-10-23(17)19/h5-9,11,14H,1-4,10,12-13H2,(H,20,24)/t14-/m0/s1. The Hall–Kier alpha value is -2.48. The molecule has 0 saturated carbocycles. The second-order valence-corrected chi connectivity index (χ2v) is 9.08. The van der Waals surface area contributed by atoms with E-state index in [1.165, 1.54) is 11.8 Å². The van der Waals surface area contributed by atoms with Gasteiger partial charge < -0.3 is 9.88 Å². The molecule has 2 aromatic rings. The molecule has 1 atom stereocenters. The molecule has 7 nitrogen and oxygen atoms in total. The summed E-state index contributed by atoms with van der Waals surface area (Å²) in [5, 5.41) is 12.7. The Balaban J connectivity index is 1.42. The number of rotatable bonds is 4. The quantitative estimate of drug-likeness (QED) is 0.871. The van der Waals surface area contributed by atoms with Crippen LogP contribution < -0.4 is 5.32 Å². The van der Waals surface area contributed by atoms with E-state index in [1.54, 1.807) is 6.08 Å². The zero-order valence-corrected chi connectivity index (χ0v) is 15.8. The van der Waals surface area contributed by atoms with Crippen LogP contribution in [0, 0.1) is 5.92 Å². The lowest BCUT2D eigenvalue weighted by Gasteiger charge is -2.10. The van der Waals surface area contributed by atoms with Crippen LogP contribution in [-0.4, -0.2) is 34.8 Å². The number of sulfone groups is 1. The molecule has 0 bridgehead atoms. The molecule has 1 amide bonds. The summed E-state index contributed by atoms with van der Waals surface area (Å²) < 4.78 is 25.0. The van der Waals surface area contributed by atoms with Crippen LogP contribution in [0.1, 0.15) is 31.5 Å². The zero-order chi connectivity index (χ0) is 18.9. The van der Waals surface area contributed by atoms with Crippen LogP contribution in [0.4, 0.5) is 5.69 Å². The van der Waals surface area contributed by atoms with Gasteiger partial charge in [0.1, 0.15) is 5.82 Å². The highest BCUT2D eigenvalue weighted by Gasteiger charge is 2.24. The van der Waals surface area contributed by atoms with Crippen LogP contribution in [0.5, 0.6) is 0 Å². The monoisotopic (exact) mass is 386 g/mol. The van der Waals surface area contributed by atoms with Crippen molar-refractivity contribution in [1.29, 1.82) is 0 Å². The summed E-state index contributed by atoms with van der Waals surface area (Å²) in [5.41, 5.74) is 1.66. The summed E-state index contributed by atoms with van der Waals surface area (Å²) in [4.78, 5) is 12.2. The van der Waals surface area contributed by atoms with Crippen molar-refractivity contribution in [3.63, 3.8) is 0 Å². The molecule has 2 aliphatic heterocycles. The van der Waals surface area contributed by atoms with E-state index >= 15 is 0 Å². The van der Waals surface area contributed by atoms with Gasteiger partial charge in [0.05, 0.1) is 5.75 Å². The molecule has 2 aliphatic rings. The number of allylic oxidation sites excluding steroid dienone is 1. The molecular weight excluding hydrogens is 364 g/mol. The van der Waals surface area contributed by atoms with Gasteiger partial charge >= 0.3 is 0 Å². The molecule has 0 radical (unpaired) electrons. The second kappa shape index (κ2) is 7.26. The van der Waals surface area contributed by atoms with Gasteiger partial charge in [-0.1, -0.05) is 12.5 Å². The molecule has 1 N–H and O–H groups in total. The number of nitrogens with zero attached hydrogens (tertiary/aromatic N) is 3. The third kappa shape index (κ3) is 4.10. The van der Waals surface area contributed by atoms with E-state index in [2.05, 4.69) is 20.1 Å². The first-order chi connectivity index (χ1) is 13.0. The Morgan fingerprint density at radius 1 is 1.15 bits per heavy atom. The number of hydrogen-bond acceptors (Lipinski definition) is 5. The van der Waals surface area contributed by atoms with Crippen molar-refractivity contribution >= 4 is 21.4 Å². The van der Waals surface area contributed by atoms with E-state index in [0.717, 1.165) is 43.0 Å². The van der Waals surface area contributed by atoms with Gasteiger partial charge in [-0.15, -0.1) is 10.2 Å². The van der Waals surface area contributed by atoms with Crippen LogP contribution in [0.15, 0.2) is 35.7 Å². The van der Waals surface area contributed by atoms with Gasteiger partial charge in [0, 0.05) is 42.0 Å². The van der Waals surface area contributed by atoms with Crippen molar-refractivity contribution in [2.75, 3.05) is 11.1 Å². The zero-order valence-electron chi connectivity index (χ0n) is 15.0. The number of amides is 1. The lowest BCUT2D eigenvalue weighted by atomic mass is 10.1. The van der Waals surface area contributed by atoms with E-state index in [1.807, 2.05) is 24.3 Å². The fourth-order valence-corrected chi connectivity index (χ4v) is 5.02. The van der Waals surface area contributed by atoms with E-state index in [0.29, 0.717) is 5.69 Å². The molecule has 0 spiro atoms. The SMILES string of the molecule is O=C(C[C@@H]1C=CS(=O)(=O)C1)Nc1ccc(-c2nnc3n2CCCCC3)cc1. The number of nitrogens with one attached hydrogen (secondary N) is 1. The third-order valence-corrected chi connectivity index (χ3v) is 6.45. The Labute approximate surface area is 158 Å². The fourth-order valence-electron chi connectivity index (χ4n) is 3.62. The van der Waals surface area contributed by atoms with Crippen molar-refractivity contribution in [2.45, 2.75) is 38.6 Å². The van der Waals surface area contributed by atoms with E-state index in [9.17, 15) is 13.2 Å². The van der Waals surface area contributed by atoms with Gasteiger partial charge in [-0.05, 0) is 37.1 Å². The number of aromatic nitrogens is 3. The molecule has 27 heavy (non-hydrogen) atoms. The predicted molar refractivity (Wildman–Crippen MR) is 103 cm³/mol. The molecule has 0 unspecified atom stereocenters. The van der Waals surface area contributed by atoms with Crippen molar-refractivity contribution in [2.24, 2.45) is 5.92 Å². The molecule has 142 valence electrons. The highest BCUT2D eigenvalue weighted by molar-refractivity contribution is 7.94. The molecule has 0 fully saturated rings. The largest absolute Gasteiger partial charge is 0.326 e. The first-order valence-electron chi connectivity index (χ1n) is 9.23. The van der Waals surface area contributed by atoms with Crippen LogP contribution >= 0.6 is 0 Å². The van der Waals surface area contributed by atoms with Crippen molar-refractivity contribution in [1.82, 2.24) is 14.8 Å². The maximum atomic E-state index is 12.2. The number of carbonyl (C=O) groups excluding carboxylic acids is 1. The van der Waals surface area contributed by atoms with Gasteiger partial charge in [-0.25, -0.2) is 8.42 Å². The molecule has 0 aliphatic carbocycles. The summed E-state index contributed by atoms with van der Waals surface area (Å²) in [6.07, 6.45) is 6.22. The highest BCUT2D eigenvalue weighted by atomic mass is 32.2. The van der Waals surface area contributed by atoms with Gasteiger partial charge in [0.2, 0.25) is 5.91 Å². The van der Waals surface area contributed by atoms with Crippen LogP contribution in [0.25, 0.3) is 11.4 Å². The topological polar surface area (TPSA) is 93.9 Å². The second-order valence-electron chi connectivity index (χ2n) is 7.15. The van der Waals surface area contributed by atoms with Crippen LogP contribution in [0.3, 0.4) is 0 Å². The number of benzene rings is 1. The summed E-state index contributed by atoms with van der Waals surface area (Å²) in [6.45, 7) is 0.938. The Kier molecular flexibility index (Phi) is 4.82. The Morgan fingerprint density at radius 3 is 2.70 bits per heavy atom. The van der Waals surface area contributed by atoms with Crippen molar-refractivity contribution in [3.05, 3.63) is 41.6 Å². The summed E-state index contributed by atoms with van der Waals surface area (Å²) in [7, 11) is -3.13. The minimum absolute atomic E-state index is 0.0113. The maximum Gasteiger partial charge on any atom is 0.224 e.